The van der Waals surface area contributed by atoms with E-state index in [0.717, 1.165) is 0 Å². The van der Waals surface area contributed by atoms with Crippen molar-refractivity contribution in [3.05, 3.63) is 92.1 Å². The zero-order valence-electron chi connectivity index (χ0n) is 31.4. The number of hydrogen-bond donors (Lipinski definition) is 0. The molecule has 3 aromatic carbocycles. The SMILES string of the molecule is CC1=C(C)[C]([Ti+3])([Si](c2c(C)cc(N(C)C)cc2C)(c2c(C)cc(N(C)C)cc2C)c2c(C)cc(N(C)C)cc2C)C(C)=C1C.[Cl-].[Cl-].[Cl-]. The molecule has 3 nitrogen and oxygen atoms in total. The molecule has 254 valence electrons. The number of aryl methyl sites for hydroxylation is 6. The van der Waals surface area contributed by atoms with Crippen LogP contribution in [0, 0.1) is 41.5 Å². The molecule has 1 aliphatic rings. The topological polar surface area (TPSA) is 9.72 Å². The van der Waals surface area contributed by atoms with Gasteiger partial charge in [0, 0.05) is 0 Å². The van der Waals surface area contributed by atoms with Gasteiger partial charge >= 0.3 is 283 Å². The molecule has 47 heavy (non-hydrogen) atoms. The Morgan fingerprint density at radius 1 is 0.426 bits per heavy atom. The van der Waals surface area contributed by atoms with Crippen molar-refractivity contribution in [1.29, 1.82) is 0 Å². The maximum absolute atomic E-state index is 2.94. The molecular formula is C39H54Cl3N3SiTi. The summed E-state index contributed by atoms with van der Waals surface area (Å²) in [5.74, 6) is 0. The molecule has 0 aliphatic heterocycles. The average molecular weight is 747 g/mol. The summed E-state index contributed by atoms with van der Waals surface area (Å²) < 4.78 is -0.166. The van der Waals surface area contributed by atoms with Crippen molar-refractivity contribution in [2.75, 3.05) is 57.0 Å². The zero-order chi connectivity index (χ0) is 33.2. The fourth-order valence-electron chi connectivity index (χ4n) is 8.28. The maximum Gasteiger partial charge on any atom is -1.00 e. The molecule has 0 fully saturated rings. The first kappa shape index (κ1) is 43.4. The molecule has 0 N–H and O–H groups in total. The van der Waals surface area contributed by atoms with Gasteiger partial charge in [-0.05, 0) is 0 Å². The standard InChI is InChI=1S/C39H54N3Si.3ClH.Ti/c1-23-17-33(40(11)12)18-24(2)36(23)43(39-31(9)29(7)30(8)32(39)10,37-25(3)19-34(41(13)14)20-26(37)4)38-27(5)21-35(42(15)16)22-28(38)6;;;;/h17-22H,1-16H3;3*1H;/q;;;;+3/p-3. The minimum Gasteiger partial charge on any atom is -1.00 e. The van der Waals surface area contributed by atoms with Crippen LogP contribution in [-0.4, -0.2) is 50.4 Å². The van der Waals surface area contributed by atoms with Gasteiger partial charge in [-0.15, -0.1) is 0 Å². The molecule has 0 unspecified atom stereocenters. The van der Waals surface area contributed by atoms with E-state index in [1.54, 1.807) is 15.6 Å². The van der Waals surface area contributed by atoms with E-state index < -0.39 is 8.07 Å². The van der Waals surface area contributed by atoms with E-state index >= 15 is 0 Å². The molecule has 1 aliphatic carbocycles. The van der Waals surface area contributed by atoms with Crippen LogP contribution in [0.1, 0.15) is 61.1 Å². The minimum absolute atomic E-state index is 0. The number of allylic oxidation sites excluding steroid dienone is 4. The van der Waals surface area contributed by atoms with Gasteiger partial charge in [-0.3, -0.25) is 0 Å². The molecule has 0 atom stereocenters. The summed E-state index contributed by atoms with van der Waals surface area (Å²) in [7, 11) is 10.0. The van der Waals surface area contributed by atoms with E-state index in [0.29, 0.717) is 0 Å². The summed E-state index contributed by atoms with van der Waals surface area (Å²) in [6.45, 7) is 23.9. The van der Waals surface area contributed by atoms with Crippen LogP contribution in [0.15, 0.2) is 58.7 Å². The van der Waals surface area contributed by atoms with Crippen molar-refractivity contribution in [1.82, 2.24) is 0 Å². The molecule has 0 amide bonds. The Morgan fingerprint density at radius 3 is 0.787 bits per heavy atom. The van der Waals surface area contributed by atoms with Gasteiger partial charge in [-0.1, -0.05) is 0 Å². The van der Waals surface area contributed by atoms with Crippen molar-refractivity contribution in [2.45, 2.75) is 72.6 Å². The predicted molar refractivity (Wildman–Crippen MR) is 195 cm³/mol. The van der Waals surface area contributed by atoms with Crippen LogP contribution in [0.3, 0.4) is 0 Å². The van der Waals surface area contributed by atoms with Crippen molar-refractivity contribution >= 4 is 40.7 Å². The largest absolute Gasteiger partial charge is 1.00 e. The zero-order valence-corrected chi connectivity index (χ0v) is 36.3. The molecule has 8 heteroatoms. The summed E-state index contributed by atoms with van der Waals surface area (Å²) in [5, 5.41) is 4.71. The Balaban J connectivity index is 0.00000368. The Kier molecular flexibility index (Phi) is 14.3. The molecule has 0 spiro atoms. The Bertz CT molecular complexity index is 1480. The number of halogens is 3. The van der Waals surface area contributed by atoms with Crippen molar-refractivity contribution in [2.24, 2.45) is 0 Å². The van der Waals surface area contributed by atoms with Gasteiger partial charge in [0.05, 0.1) is 0 Å². The van der Waals surface area contributed by atoms with Gasteiger partial charge in [0.25, 0.3) is 0 Å². The third-order valence-electron chi connectivity index (χ3n) is 10.6. The van der Waals surface area contributed by atoms with Crippen molar-refractivity contribution in [3.8, 4) is 0 Å². The van der Waals surface area contributed by atoms with Crippen LogP contribution in [0.2, 0.25) is 3.34 Å². The van der Waals surface area contributed by atoms with Crippen LogP contribution >= 0.6 is 0 Å². The first-order valence-corrected chi connectivity index (χ1v) is 18.6. The van der Waals surface area contributed by atoms with Gasteiger partial charge in [0.1, 0.15) is 0 Å². The number of hydrogen-bond acceptors (Lipinski definition) is 3. The van der Waals surface area contributed by atoms with Gasteiger partial charge in [-0.2, -0.15) is 0 Å². The normalized spacial score (nSPS) is 14.0. The Morgan fingerprint density at radius 2 is 0.617 bits per heavy atom. The summed E-state index contributed by atoms with van der Waals surface area (Å²) >= 11 is 2.61. The van der Waals surface area contributed by atoms with Gasteiger partial charge < -0.3 is 37.2 Å². The van der Waals surface area contributed by atoms with E-state index in [1.165, 1.54) is 72.7 Å². The second kappa shape index (κ2) is 15.5. The number of benzene rings is 3. The molecule has 0 radical (unpaired) electrons. The summed E-state index contributed by atoms with van der Waals surface area (Å²) in [4.78, 5) is 6.75. The molecule has 0 bridgehead atoms. The van der Waals surface area contributed by atoms with Crippen molar-refractivity contribution in [3.63, 3.8) is 0 Å². The Hall–Kier alpha value is -1.66. The molecule has 4 rings (SSSR count). The third-order valence-corrected chi connectivity index (χ3v) is 20.0. The first-order valence-electron chi connectivity index (χ1n) is 15.8. The molecule has 3 aromatic rings. The molecular weight excluding hydrogens is 693 g/mol. The third kappa shape index (κ3) is 6.65. The summed E-state index contributed by atoms with van der Waals surface area (Å²) in [6.07, 6.45) is 0. The monoisotopic (exact) mass is 745 g/mol. The average Bonchev–Trinajstić information content (AvgIpc) is 3.06. The fraction of sp³-hybridized carbons (Fsp3) is 0.436. The second-order valence-electron chi connectivity index (χ2n) is 14.0. The minimum atomic E-state index is -2.94. The Labute approximate surface area is 317 Å². The van der Waals surface area contributed by atoms with E-state index in [-0.39, 0.29) is 40.6 Å². The van der Waals surface area contributed by atoms with Crippen LogP contribution in [-0.2, 0) is 20.4 Å². The van der Waals surface area contributed by atoms with E-state index in [2.05, 4.69) is 183 Å². The molecule has 0 saturated carbocycles. The van der Waals surface area contributed by atoms with Gasteiger partial charge in [-0.25, -0.2) is 0 Å². The number of nitrogens with zero attached hydrogens (tertiary/aromatic N) is 3. The van der Waals surface area contributed by atoms with E-state index in [4.69, 9.17) is 0 Å². The summed E-state index contributed by atoms with van der Waals surface area (Å²) in [5.41, 5.74) is 18.2. The molecule has 0 aromatic heterocycles. The predicted octanol–water partition coefficient (Wildman–Crippen LogP) is -1.85. The fourth-order valence-corrected chi connectivity index (χ4v) is 18.0. The van der Waals surface area contributed by atoms with Gasteiger partial charge in [0.15, 0.2) is 0 Å². The van der Waals surface area contributed by atoms with Crippen molar-refractivity contribution < 1.29 is 57.7 Å². The summed E-state index contributed by atoms with van der Waals surface area (Å²) in [6, 6.07) is 14.7. The molecule has 0 saturated heterocycles. The quantitative estimate of drug-likeness (QED) is 0.208. The number of rotatable bonds is 7. The smallest absolute Gasteiger partial charge is 1.00 e. The van der Waals surface area contributed by atoms with Gasteiger partial charge in [0.2, 0.25) is 0 Å². The first-order chi connectivity index (χ1) is 20.3. The van der Waals surface area contributed by atoms with E-state index in [1.807, 2.05) is 0 Å². The van der Waals surface area contributed by atoms with Crippen LogP contribution in [0.4, 0.5) is 17.1 Å². The molecule has 0 heterocycles. The second-order valence-corrected chi connectivity index (χ2v) is 19.7. The maximum atomic E-state index is 2.61. The number of anilines is 3. The van der Waals surface area contributed by atoms with Crippen LogP contribution < -0.4 is 67.5 Å². The van der Waals surface area contributed by atoms with Crippen LogP contribution in [0.25, 0.3) is 0 Å². The van der Waals surface area contributed by atoms with E-state index in [9.17, 15) is 0 Å². The van der Waals surface area contributed by atoms with Crippen LogP contribution in [0.5, 0.6) is 0 Å².